The molecule has 2 aliphatic rings. The van der Waals surface area contributed by atoms with Crippen LogP contribution in [0.1, 0.15) is 44.4 Å². The lowest BCUT2D eigenvalue weighted by molar-refractivity contribution is 0.0631. The van der Waals surface area contributed by atoms with Gasteiger partial charge >= 0.3 is 0 Å². The Bertz CT molecular complexity index is 498. The van der Waals surface area contributed by atoms with Gasteiger partial charge in [-0.25, -0.2) is 0 Å². The Hall–Kier alpha value is -1.06. The molecule has 3 unspecified atom stereocenters. The minimum atomic E-state index is -0.0761. The zero-order valence-electron chi connectivity index (χ0n) is 12.9. The van der Waals surface area contributed by atoms with Gasteiger partial charge in [0.2, 0.25) is 0 Å². The first-order chi connectivity index (χ1) is 9.50. The molecule has 2 heterocycles. The van der Waals surface area contributed by atoms with Crippen molar-refractivity contribution in [2.24, 2.45) is 5.92 Å². The van der Waals surface area contributed by atoms with Crippen LogP contribution in [-0.2, 0) is 11.2 Å². The lowest BCUT2D eigenvalue weighted by Gasteiger charge is -2.26. The van der Waals surface area contributed by atoms with Crippen molar-refractivity contribution in [1.29, 1.82) is 0 Å². The highest BCUT2D eigenvalue weighted by Gasteiger charge is 2.34. The smallest absolute Gasteiger partial charge is 0.123 e. The van der Waals surface area contributed by atoms with Crippen molar-refractivity contribution in [3.05, 3.63) is 29.3 Å². The lowest BCUT2D eigenvalue weighted by atomic mass is 9.91. The molecule has 1 aromatic rings. The summed E-state index contributed by atoms with van der Waals surface area (Å²) < 4.78 is 11.9. The molecule has 0 aromatic heterocycles. The van der Waals surface area contributed by atoms with Crippen molar-refractivity contribution >= 4 is 0 Å². The second kappa shape index (κ2) is 5.05. The van der Waals surface area contributed by atoms with Crippen molar-refractivity contribution in [2.45, 2.75) is 51.4 Å². The topological polar surface area (TPSA) is 30.5 Å². The number of likely N-dealkylation sites (N-methyl/N-ethyl adjacent to an activating group) is 1. The van der Waals surface area contributed by atoms with E-state index in [1.807, 2.05) is 7.05 Å². The Morgan fingerprint density at radius 2 is 2.15 bits per heavy atom. The van der Waals surface area contributed by atoms with Gasteiger partial charge in [0.25, 0.3) is 0 Å². The summed E-state index contributed by atoms with van der Waals surface area (Å²) in [6.45, 7) is 7.45. The molecular weight excluding hydrogens is 250 g/mol. The summed E-state index contributed by atoms with van der Waals surface area (Å²) in [4.78, 5) is 0. The maximum atomic E-state index is 5.96. The number of hydrogen-bond acceptors (Lipinski definition) is 3. The molecule has 1 fully saturated rings. The molecule has 110 valence electrons. The average Bonchev–Trinajstić information content (AvgIpc) is 2.92. The molecule has 3 heteroatoms. The lowest BCUT2D eigenvalue weighted by Crippen LogP contribution is -2.32. The van der Waals surface area contributed by atoms with Gasteiger partial charge in [0.1, 0.15) is 11.4 Å². The maximum absolute atomic E-state index is 5.96. The molecule has 2 aliphatic heterocycles. The van der Waals surface area contributed by atoms with E-state index in [2.05, 4.69) is 44.3 Å². The Kier molecular flexibility index (Phi) is 3.51. The summed E-state index contributed by atoms with van der Waals surface area (Å²) >= 11 is 0. The van der Waals surface area contributed by atoms with E-state index in [0.717, 1.165) is 25.2 Å². The van der Waals surface area contributed by atoms with E-state index < -0.39 is 0 Å². The second-order valence-electron chi connectivity index (χ2n) is 6.77. The minimum Gasteiger partial charge on any atom is -0.487 e. The molecule has 0 bridgehead atoms. The SMILES string of the molecule is CNC(c1ccc2c(c1)CC(C)(C)O2)C1OCCC1C. The Morgan fingerprint density at radius 3 is 2.80 bits per heavy atom. The molecule has 0 radical (unpaired) electrons. The van der Waals surface area contributed by atoms with E-state index >= 15 is 0 Å². The van der Waals surface area contributed by atoms with E-state index in [1.54, 1.807) is 0 Å². The first-order valence-corrected chi connectivity index (χ1v) is 7.61. The normalized spacial score (nSPS) is 29.0. The third-order valence-corrected chi connectivity index (χ3v) is 4.53. The van der Waals surface area contributed by atoms with Gasteiger partial charge in [-0.15, -0.1) is 0 Å². The van der Waals surface area contributed by atoms with Gasteiger partial charge in [0.15, 0.2) is 0 Å². The Labute approximate surface area is 121 Å². The quantitative estimate of drug-likeness (QED) is 0.919. The summed E-state index contributed by atoms with van der Waals surface area (Å²) in [6.07, 6.45) is 2.41. The summed E-state index contributed by atoms with van der Waals surface area (Å²) in [5.74, 6) is 1.64. The predicted molar refractivity (Wildman–Crippen MR) is 80.2 cm³/mol. The van der Waals surface area contributed by atoms with Crippen molar-refractivity contribution in [2.75, 3.05) is 13.7 Å². The molecular formula is C17H25NO2. The number of nitrogens with one attached hydrogen (secondary N) is 1. The van der Waals surface area contributed by atoms with Crippen LogP contribution in [0.5, 0.6) is 5.75 Å². The second-order valence-corrected chi connectivity index (χ2v) is 6.77. The van der Waals surface area contributed by atoms with Crippen molar-refractivity contribution in [3.8, 4) is 5.75 Å². The van der Waals surface area contributed by atoms with Crippen LogP contribution in [0.4, 0.5) is 0 Å². The van der Waals surface area contributed by atoms with E-state index in [0.29, 0.717) is 5.92 Å². The van der Waals surface area contributed by atoms with Gasteiger partial charge in [0, 0.05) is 13.0 Å². The van der Waals surface area contributed by atoms with Crippen molar-refractivity contribution in [1.82, 2.24) is 5.32 Å². The highest BCUT2D eigenvalue weighted by Crippen LogP contribution is 2.38. The Balaban J connectivity index is 1.87. The van der Waals surface area contributed by atoms with Gasteiger partial charge in [-0.1, -0.05) is 19.1 Å². The first-order valence-electron chi connectivity index (χ1n) is 7.61. The number of hydrogen-bond donors (Lipinski definition) is 1. The van der Waals surface area contributed by atoms with Gasteiger partial charge < -0.3 is 14.8 Å². The standard InChI is InChI=1S/C17H25NO2/c1-11-7-8-19-16(11)15(18-4)12-5-6-14-13(9-12)10-17(2,3)20-14/h5-6,9,11,15-16,18H,7-8,10H2,1-4H3. The fourth-order valence-electron chi connectivity index (χ4n) is 3.49. The van der Waals surface area contributed by atoms with Gasteiger partial charge in [-0.3, -0.25) is 0 Å². The van der Waals surface area contributed by atoms with Gasteiger partial charge in [0.05, 0.1) is 12.1 Å². The number of benzene rings is 1. The summed E-state index contributed by atoms with van der Waals surface area (Å²) in [6, 6.07) is 6.85. The predicted octanol–water partition coefficient (Wildman–Crippen LogP) is 3.09. The van der Waals surface area contributed by atoms with Crippen LogP contribution in [0.3, 0.4) is 0 Å². The van der Waals surface area contributed by atoms with Crippen LogP contribution in [0, 0.1) is 5.92 Å². The van der Waals surface area contributed by atoms with Crippen molar-refractivity contribution < 1.29 is 9.47 Å². The zero-order valence-corrected chi connectivity index (χ0v) is 12.9. The molecule has 3 rings (SSSR count). The maximum Gasteiger partial charge on any atom is 0.123 e. The van der Waals surface area contributed by atoms with E-state index in [-0.39, 0.29) is 17.7 Å². The van der Waals surface area contributed by atoms with Crippen LogP contribution < -0.4 is 10.1 Å². The summed E-state index contributed by atoms with van der Waals surface area (Å²) in [7, 11) is 2.02. The molecule has 0 spiro atoms. The number of rotatable bonds is 3. The Morgan fingerprint density at radius 1 is 1.35 bits per heavy atom. The highest BCUT2D eigenvalue weighted by molar-refractivity contribution is 5.43. The van der Waals surface area contributed by atoms with Crippen LogP contribution >= 0.6 is 0 Å². The van der Waals surface area contributed by atoms with Crippen molar-refractivity contribution in [3.63, 3.8) is 0 Å². The minimum absolute atomic E-state index is 0.0761. The zero-order chi connectivity index (χ0) is 14.3. The van der Waals surface area contributed by atoms with Crippen LogP contribution in [0.25, 0.3) is 0 Å². The van der Waals surface area contributed by atoms with E-state index in [4.69, 9.17) is 9.47 Å². The third kappa shape index (κ3) is 2.45. The average molecular weight is 275 g/mol. The molecule has 1 aromatic carbocycles. The number of fused-ring (bicyclic) bond motifs is 1. The third-order valence-electron chi connectivity index (χ3n) is 4.53. The molecule has 3 atom stereocenters. The first kappa shape index (κ1) is 13.9. The molecule has 20 heavy (non-hydrogen) atoms. The molecule has 3 nitrogen and oxygen atoms in total. The van der Waals surface area contributed by atoms with Gasteiger partial charge in [-0.05, 0) is 50.4 Å². The molecule has 1 saturated heterocycles. The number of ether oxygens (including phenoxy) is 2. The fourth-order valence-corrected chi connectivity index (χ4v) is 3.49. The summed E-state index contributed by atoms with van der Waals surface area (Å²) in [5.41, 5.74) is 2.55. The molecule has 1 N–H and O–H groups in total. The van der Waals surface area contributed by atoms with Gasteiger partial charge in [-0.2, -0.15) is 0 Å². The van der Waals surface area contributed by atoms with Crippen LogP contribution in [0.2, 0.25) is 0 Å². The van der Waals surface area contributed by atoms with E-state index in [1.165, 1.54) is 11.1 Å². The van der Waals surface area contributed by atoms with Crippen LogP contribution in [0.15, 0.2) is 18.2 Å². The molecule has 0 amide bonds. The molecule has 0 aliphatic carbocycles. The highest BCUT2D eigenvalue weighted by atomic mass is 16.5. The summed E-state index contributed by atoms with van der Waals surface area (Å²) in [5, 5.41) is 3.44. The monoisotopic (exact) mass is 275 g/mol. The largest absolute Gasteiger partial charge is 0.487 e. The molecule has 0 saturated carbocycles. The van der Waals surface area contributed by atoms with Crippen LogP contribution in [-0.4, -0.2) is 25.4 Å². The van der Waals surface area contributed by atoms with E-state index in [9.17, 15) is 0 Å². The fraction of sp³-hybridized carbons (Fsp3) is 0.647.